The normalized spacial score (nSPS) is 12.3. The molecule has 18 heavy (non-hydrogen) atoms. The highest BCUT2D eigenvalue weighted by Crippen LogP contribution is 2.22. The maximum Gasteiger partial charge on any atom is 0.123 e. The van der Waals surface area contributed by atoms with Crippen LogP contribution in [0, 0.1) is 5.82 Å². The summed E-state index contributed by atoms with van der Waals surface area (Å²) < 4.78 is 12.8. The van der Waals surface area contributed by atoms with Gasteiger partial charge in [0.15, 0.2) is 0 Å². The van der Waals surface area contributed by atoms with Crippen LogP contribution in [0.25, 0.3) is 0 Å². The average Bonchev–Trinajstić information content (AvgIpc) is 2.39. The molecule has 2 rings (SSSR count). The third-order valence-corrected chi connectivity index (χ3v) is 2.82. The molecule has 0 fully saturated rings. The van der Waals surface area contributed by atoms with Crippen molar-refractivity contribution in [1.29, 1.82) is 0 Å². The molecule has 0 aliphatic heterocycles. The maximum atomic E-state index is 12.8. The Morgan fingerprint density at radius 1 is 1.22 bits per heavy atom. The lowest BCUT2D eigenvalue weighted by Gasteiger charge is -2.17. The molecule has 0 aliphatic carbocycles. The van der Waals surface area contributed by atoms with Crippen LogP contribution in [0.5, 0.6) is 0 Å². The number of halogens is 1. The van der Waals surface area contributed by atoms with E-state index in [1.165, 1.54) is 12.1 Å². The van der Waals surface area contributed by atoms with Gasteiger partial charge in [-0.1, -0.05) is 12.1 Å². The van der Waals surface area contributed by atoms with Crippen molar-refractivity contribution in [2.45, 2.75) is 12.5 Å². The monoisotopic (exact) mass is 246 g/mol. The topological polar surface area (TPSA) is 77.0 Å². The molecule has 0 saturated heterocycles. The SMILES string of the molecule is NNC(Cc1ccc(F)cc1)c1cnccc1N. The molecule has 0 spiro atoms. The molecular formula is C13H15FN4. The lowest BCUT2D eigenvalue weighted by molar-refractivity contribution is 0.550. The van der Waals surface area contributed by atoms with Crippen molar-refractivity contribution in [2.75, 3.05) is 5.73 Å². The number of rotatable bonds is 4. The zero-order valence-electron chi connectivity index (χ0n) is 9.81. The predicted molar refractivity (Wildman–Crippen MR) is 68.8 cm³/mol. The number of nitrogen functional groups attached to an aromatic ring is 1. The van der Waals surface area contributed by atoms with E-state index < -0.39 is 0 Å². The van der Waals surface area contributed by atoms with E-state index in [4.69, 9.17) is 11.6 Å². The predicted octanol–water partition coefficient (Wildman–Crippen LogP) is 1.55. The van der Waals surface area contributed by atoms with Crippen molar-refractivity contribution in [3.63, 3.8) is 0 Å². The number of benzene rings is 1. The first kappa shape index (κ1) is 12.5. The molecule has 0 amide bonds. The molecule has 1 aromatic heterocycles. The Bertz CT molecular complexity index is 513. The van der Waals surface area contributed by atoms with E-state index >= 15 is 0 Å². The first-order valence-electron chi connectivity index (χ1n) is 5.60. The average molecular weight is 246 g/mol. The van der Waals surface area contributed by atoms with Gasteiger partial charge in [-0.3, -0.25) is 16.3 Å². The first-order valence-corrected chi connectivity index (χ1v) is 5.60. The Kier molecular flexibility index (Phi) is 3.86. The van der Waals surface area contributed by atoms with Crippen LogP contribution in [-0.4, -0.2) is 4.98 Å². The zero-order chi connectivity index (χ0) is 13.0. The molecule has 2 aromatic rings. The van der Waals surface area contributed by atoms with Gasteiger partial charge in [-0.15, -0.1) is 0 Å². The largest absolute Gasteiger partial charge is 0.398 e. The number of pyridine rings is 1. The van der Waals surface area contributed by atoms with Gasteiger partial charge in [0.05, 0.1) is 6.04 Å². The fourth-order valence-corrected chi connectivity index (χ4v) is 1.82. The summed E-state index contributed by atoms with van der Waals surface area (Å²) >= 11 is 0. The summed E-state index contributed by atoms with van der Waals surface area (Å²) in [4.78, 5) is 4.03. The number of anilines is 1. The molecular weight excluding hydrogens is 231 g/mol. The lowest BCUT2D eigenvalue weighted by Crippen LogP contribution is -2.30. The third-order valence-electron chi connectivity index (χ3n) is 2.82. The van der Waals surface area contributed by atoms with E-state index in [1.807, 2.05) is 0 Å². The maximum absolute atomic E-state index is 12.8. The van der Waals surface area contributed by atoms with Gasteiger partial charge in [-0.25, -0.2) is 4.39 Å². The van der Waals surface area contributed by atoms with Gasteiger partial charge in [0.1, 0.15) is 5.82 Å². The van der Waals surface area contributed by atoms with Crippen LogP contribution in [0.4, 0.5) is 10.1 Å². The van der Waals surface area contributed by atoms with Gasteiger partial charge in [0.2, 0.25) is 0 Å². The number of hydrogen-bond donors (Lipinski definition) is 3. The molecule has 1 aromatic carbocycles. The van der Waals surface area contributed by atoms with Crippen LogP contribution in [0.2, 0.25) is 0 Å². The Balaban J connectivity index is 2.20. The minimum Gasteiger partial charge on any atom is -0.398 e. The van der Waals surface area contributed by atoms with Gasteiger partial charge < -0.3 is 5.73 Å². The minimum atomic E-state index is -0.253. The fraction of sp³-hybridized carbons (Fsp3) is 0.154. The third kappa shape index (κ3) is 2.82. The lowest BCUT2D eigenvalue weighted by atomic mass is 9.99. The van der Waals surface area contributed by atoms with E-state index in [2.05, 4.69) is 10.4 Å². The van der Waals surface area contributed by atoms with Gasteiger partial charge >= 0.3 is 0 Å². The van der Waals surface area contributed by atoms with E-state index in [-0.39, 0.29) is 11.9 Å². The quantitative estimate of drug-likeness (QED) is 0.565. The Morgan fingerprint density at radius 2 is 1.94 bits per heavy atom. The number of nitrogens with one attached hydrogen (secondary N) is 1. The summed E-state index contributed by atoms with van der Waals surface area (Å²) in [5, 5.41) is 0. The summed E-state index contributed by atoms with van der Waals surface area (Å²) in [6, 6.07) is 7.89. The highest BCUT2D eigenvalue weighted by molar-refractivity contribution is 5.46. The molecule has 4 nitrogen and oxygen atoms in total. The molecule has 0 saturated carbocycles. The van der Waals surface area contributed by atoms with Gasteiger partial charge in [-0.05, 0) is 30.2 Å². The summed E-state index contributed by atoms with van der Waals surface area (Å²) in [6.07, 6.45) is 3.93. The summed E-state index contributed by atoms with van der Waals surface area (Å²) in [5.74, 6) is 5.29. The van der Waals surface area contributed by atoms with Crippen molar-refractivity contribution in [3.8, 4) is 0 Å². The van der Waals surface area contributed by atoms with E-state index in [0.29, 0.717) is 12.1 Å². The second-order valence-electron chi connectivity index (χ2n) is 4.05. The molecule has 0 radical (unpaired) electrons. The smallest absolute Gasteiger partial charge is 0.123 e. The zero-order valence-corrected chi connectivity index (χ0v) is 9.81. The highest BCUT2D eigenvalue weighted by atomic mass is 19.1. The van der Waals surface area contributed by atoms with Crippen molar-refractivity contribution in [3.05, 3.63) is 59.7 Å². The van der Waals surface area contributed by atoms with E-state index in [1.54, 1.807) is 30.6 Å². The fourth-order valence-electron chi connectivity index (χ4n) is 1.82. The van der Waals surface area contributed by atoms with Crippen LogP contribution in [0.1, 0.15) is 17.2 Å². The van der Waals surface area contributed by atoms with Crippen molar-refractivity contribution < 1.29 is 4.39 Å². The Hall–Kier alpha value is -1.98. The highest BCUT2D eigenvalue weighted by Gasteiger charge is 2.13. The Morgan fingerprint density at radius 3 is 2.56 bits per heavy atom. The van der Waals surface area contributed by atoms with Gasteiger partial charge in [-0.2, -0.15) is 0 Å². The number of nitrogens with zero attached hydrogens (tertiary/aromatic N) is 1. The molecule has 1 atom stereocenters. The number of hydrazine groups is 1. The molecule has 0 bridgehead atoms. The van der Waals surface area contributed by atoms with Gasteiger partial charge in [0, 0.05) is 23.6 Å². The first-order chi connectivity index (χ1) is 8.70. The van der Waals surface area contributed by atoms with Crippen molar-refractivity contribution in [1.82, 2.24) is 10.4 Å². The number of hydrogen-bond acceptors (Lipinski definition) is 4. The summed E-state index contributed by atoms with van der Waals surface area (Å²) in [5.41, 5.74) is 11.0. The van der Waals surface area contributed by atoms with E-state index in [9.17, 15) is 4.39 Å². The summed E-state index contributed by atoms with van der Waals surface area (Å²) in [7, 11) is 0. The summed E-state index contributed by atoms with van der Waals surface area (Å²) in [6.45, 7) is 0. The minimum absolute atomic E-state index is 0.149. The molecule has 1 unspecified atom stereocenters. The van der Waals surface area contributed by atoms with Crippen LogP contribution in [0.15, 0.2) is 42.7 Å². The molecule has 1 heterocycles. The number of aromatic nitrogens is 1. The van der Waals surface area contributed by atoms with Crippen LogP contribution in [-0.2, 0) is 6.42 Å². The molecule has 0 aliphatic rings. The number of nitrogens with two attached hydrogens (primary N) is 2. The molecule has 5 heteroatoms. The van der Waals surface area contributed by atoms with Crippen LogP contribution < -0.4 is 17.0 Å². The second-order valence-corrected chi connectivity index (χ2v) is 4.05. The second kappa shape index (κ2) is 5.57. The van der Waals surface area contributed by atoms with E-state index in [0.717, 1.165) is 11.1 Å². The van der Waals surface area contributed by atoms with Crippen molar-refractivity contribution >= 4 is 5.69 Å². The van der Waals surface area contributed by atoms with Crippen LogP contribution >= 0.6 is 0 Å². The van der Waals surface area contributed by atoms with Gasteiger partial charge in [0.25, 0.3) is 0 Å². The standard InChI is InChI=1S/C13H15FN4/c14-10-3-1-9(2-4-10)7-13(18-16)11-8-17-6-5-12(11)15/h1-6,8,13,18H,7,16H2,(H2,15,17). The Labute approximate surface area is 105 Å². The molecule has 94 valence electrons. The molecule has 5 N–H and O–H groups in total. The van der Waals surface area contributed by atoms with Crippen LogP contribution in [0.3, 0.4) is 0 Å². The van der Waals surface area contributed by atoms with Crippen molar-refractivity contribution in [2.24, 2.45) is 5.84 Å².